The standard InChI is InChI=1S/C18H19F3N2O4S2/c19-18(20,21)27-14-7-5-13(6-8-14)22-17(24)15-9-10-16(28-15)29(25,26)23-11-3-1-2-4-12-23/h5-10H,1-4,11-12H2,(H,22,24). The maximum absolute atomic E-state index is 12.8. The molecule has 2 aromatic rings. The van der Waals surface area contributed by atoms with Gasteiger partial charge < -0.3 is 10.1 Å². The van der Waals surface area contributed by atoms with Crippen molar-refractivity contribution >= 4 is 33.0 Å². The summed E-state index contributed by atoms with van der Waals surface area (Å²) < 4.78 is 67.4. The number of sulfonamides is 1. The molecule has 1 aromatic carbocycles. The van der Waals surface area contributed by atoms with Crippen LogP contribution in [0.4, 0.5) is 18.9 Å². The van der Waals surface area contributed by atoms with Crippen LogP contribution in [0.15, 0.2) is 40.6 Å². The molecule has 29 heavy (non-hydrogen) atoms. The van der Waals surface area contributed by atoms with Gasteiger partial charge in [0.1, 0.15) is 9.96 Å². The van der Waals surface area contributed by atoms with E-state index in [0.717, 1.165) is 49.2 Å². The summed E-state index contributed by atoms with van der Waals surface area (Å²) in [5.74, 6) is -0.950. The molecular weight excluding hydrogens is 429 g/mol. The minimum absolute atomic E-state index is 0.0958. The summed E-state index contributed by atoms with van der Waals surface area (Å²) in [6.45, 7) is 0.933. The highest BCUT2D eigenvalue weighted by molar-refractivity contribution is 7.91. The van der Waals surface area contributed by atoms with E-state index in [0.29, 0.717) is 13.1 Å². The first-order valence-corrected chi connectivity index (χ1v) is 11.2. The number of halogens is 3. The minimum Gasteiger partial charge on any atom is -0.406 e. The van der Waals surface area contributed by atoms with Crippen LogP contribution in [0.2, 0.25) is 0 Å². The first kappa shape index (κ1) is 21.6. The summed E-state index contributed by atoms with van der Waals surface area (Å²) in [5, 5.41) is 2.53. The third-order valence-electron chi connectivity index (χ3n) is 4.31. The summed E-state index contributed by atoms with van der Waals surface area (Å²) >= 11 is 0.864. The van der Waals surface area contributed by atoms with Gasteiger partial charge in [0.2, 0.25) is 0 Å². The highest BCUT2D eigenvalue weighted by Gasteiger charge is 2.31. The molecule has 6 nitrogen and oxygen atoms in total. The molecule has 3 rings (SSSR count). The lowest BCUT2D eigenvalue weighted by Gasteiger charge is -2.18. The average Bonchev–Trinajstić information content (AvgIpc) is 2.99. The molecule has 1 fully saturated rings. The fourth-order valence-corrected chi connectivity index (χ4v) is 5.80. The van der Waals surface area contributed by atoms with Crippen LogP contribution < -0.4 is 10.1 Å². The van der Waals surface area contributed by atoms with Crippen LogP contribution in [-0.2, 0) is 10.0 Å². The Bertz CT molecular complexity index is 948. The molecule has 0 bridgehead atoms. The molecule has 1 amide bonds. The number of amides is 1. The van der Waals surface area contributed by atoms with Crippen molar-refractivity contribution in [1.82, 2.24) is 4.31 Å². The molecule has 11 heteroatoms. The molecule has 2 heterocycles. The van der Waals surface area contributed by atoms with Gasteiger partial charge in [-0.25, -0.2) is 8.42 Å². The van der Waals surface area contributed by atoms with Gasteiger partial charge in [0.15, 0.2) is 0 Å². The highest BCUT2D eigenvalue weighted by atomic mass is 32.2. The number of carbonyl (C=O) groups is 1. The molecule has 0 atom stereocenters. The third kappa shape index (κ3) is 5.71. The fourth-order valence-electron chi connectivity index (χ4n) is 2.92. The third-order valence-corrected chi connectivity index (χ3v) is 7.76. The first-order valence-electron chi connectivity index (χ1n) is 8.92. The highest BCUT2D eigenvalue weighted by Crippen LogP contribution is 2.28. The van der Waals surface area contributed by atoms with Crippen LogP contribution in [-0.4, -0.2) is 38.1 Å². The van der Waals surface area contributed by atoms with Gasteiger partial charge in [-0.3, -0.25) is 4.79 Å². The van der Waals surface area contributed by atoms with Crippen molar-refractivity contribution < 1.29 is 31.1 Å². The monoisotopic (exact) mass is 448 g/mol. The molecule has 1 aromatic heterocycles. The minimum atomic E-state index is -4.79. The lowest BCUT2D eigenvalue weighted by Crippen LogP contribution is -2.31. The smallest absolute Gasteiger partial charge is 0.406 e. The fraction of sp³-hybridized carbons (Fsp3) is 0.389. The summed E-state index contributed by atoms with van der Waals surface area (Å²) in [6, 6.07) is 7.51. The van der Waals surface area contributed by atoms with E-state index in [4.69, 9.17) is 0 Å². The van der Waals surface area contributed by atoms with Crippen molar-refractivity contribution in [2.45, 2.75) is 36.3 Å². The van der Waals surface area contributed by atoms with Gasteiger partial charge in [-0.1, -0.05) is 12.8 Å². The quantitative estimate of drug-likeness (QED) is 0.733. The number of ether oxygens (including phenoxy) is 1. The van der Waals surface area contributed by atoms with E-state index in [1.165, 1.54) is 28.6 Å². The first-order chi connectivity index (χ1) is 13.6. The van der Waals surface area contributed by atoms with E-state index in [1.807, 2.05) is 0 Å². The van der Waals surface area contributed by atoms with Crippen molar-refractivity contribution in [1.29, 1.82) is 0 Å². The molecule has 1 aliphatic rings. The summed E-state index contributed by atoms with van der Waals surface area (Å²) in [7, 11) is -3.65. The van der Waals surface area contributed by atoms with Crippen LogP contribution in [0.1, 0.15) is 35.4 Å². The zero-order valence-electron chi connectivity index (χ0n) is 15.2. The maximum atomic E-state index is 12.8. The Morgan fingerprint density at radius 2 is 1.62 bits per heavy atom. The summed E-state index contributed by atoms with van der Waals surface area (Å²) in [6.07, 6.45) is -1.18. The second-order valence-electron chi connectivity index (χ2n) is 6.46. The number of hydrogen-bond acceptors (Lipinski definition) is 5. The number of thiophene rings is 1. The second-order valence-corrected chi connectivity index (χ2v) is 9.71. The van der Waals surface area contributed by atoms with Crippen LogP contribution in [0, 0.1) is 0 Å². The number of nitrogens with zero attached hydrogens (tertiary/aromatic N) is 1. The molecule has 0 unspecified atom stereocenters. The lowest BCUT2D eigenvalue weighted by molar-refractivity contribution is -0.274. The van der Waals surface area contributed by atoms with Gasteiger partial charge in [-0.2, -0.15) is 4.31 Å². The Morgan fingerprint density at radius 3 is 2.21 bits per heavy atom. The molecule has 1 aliphatic heterocycles. The lowest BCUT2D eigenvalue weighted by atomic mass is 10.2. The maximum Gasteiger partial charge on any atom is 0.573 e. The molecule has 0 aliphatic carbocycles. The van der Waals surface area contributed by atoms with E-state index in [2.05, 4.69) is 10.1 Å². The normalized spacial score (nSPS) is 16.2. The number of hydrogen-bond donors (Lipinski definition) is 1. The summed E-state index contributed by atoms with van der Waals surface area (Å²) in [4.78, 5) is 12.6. The number of carbonyl (C=O) groups excluding carboxylic acids is 1. The predicted molar refractivity (Wildman–Crippen MR) is 103 cm³/mol. The molecule has 158 valence electrons. The van der Waals surface area contributed by atoms with Gasteiger partial charge in [-0.05, 0) is 49.2 Å². The number of alkyl halides is 3. The average molecular weight is 448 g/mol. The number of anilines is 1. The molecule has 1 N–H and O–H groups in total. The van der Waals surface area contributed by atoms with Gasteiger partial charge in [0.05, 0.1) is 4.88 Å². The van der Waals surface area contributed by atoms with Gasteiger partial charge in [-0.15, -0.1) is 24.5 Å². The van der Waals surface area contributed by atoms with Crippen molar-refractivity contribution in [3.8, 4) is 5.75 Å². The van der Waals surface area contributed by atoms with Crippen molar-refractivity contribution in [3.63, 3.8) is 0 Å². The topological polar surface area (TPSA) is 75.7 Å². The van der Waals surface area contributed by atoms with Gasteiger partial charge in [0.25, 0.3) is 15.9 Å². The van der Waals surface area contributed by atoms with E-state index in [-0.39, 0.29) is 14.8 Å². The van der Waals surface area contributed by atoms with E-state index in [9.17, 15) is 26.4 Å². The second kappa shape index (κ2) is 8.72. The Balaban J connectivity index is 1.67. The molecule has 0 spiro atoms. The molecule has 0 radical (unpaired) electrons. The van der Waals surface area contributed by atoms with Gasteiger partial charge >= 0.3 is 6.36 Å². The Morgan fingerprint density at radius 1 is 1.00 bits per heavy atom. The predicted octanol–water partition coefficient (Wildman–Crippen LogP) is 4.46. The molecule has 0 saturated carbocycles. The zero-order valence-corrected chi connectivity index (χ0v) is 16.9. The summed E-state index contributed by atoms with van der Waals surface area (Å²) in [5.41, 5.74) is 0.259. The Hall–Kier alpha value is -2.11. The van der Waals surface area contributed by atoms with Crippen LogP contribution in [0.3, 0.4) is 0 Å². The molecular formula is C18H19F3N2O4S2. The number of rotatable bonds is 5. The van der Waals surface area contributed by atoms with Crippen LogP contribution in [0.25, 0.3) is 0 Å². The Labute approximate surface area is 170 Å². The van der Waals surface area contributed by atoms with Crippen molar-refractivity contribution in [2.24, 2.45) is 0 Å². The van der Waals surface area contributed by atoms with Gasteiger partial charge in [0, 0.05) is 18.8 Å². The van der Waals surface area contributed by atoms with E-state index < -0.39 is 28.0 Å². The van der Waals surface area contributed by atoms with Crippen molar-refractivity contribution in [2.75, 3.05) is 18.4 Å². The molecule has 1 saturated heterocycles. The largest absolute Gasteiger partial charge is 0.573 e. The zero-order chi connectivity index (χ0) is 21.1. The van der Waals surface area contributed by atoms with Crippen molar-refractivity contribution in [3.05, 3.63) is 41.3 Å². The van der Waals surface area contributed by atoms with Crippen LogP contribution >= 0.6 is 11.3 Å². The van der Waals surface area contributed by atoms with Crippen LogP contribution in [0.5, 0.6) is 5.75 Å². The number of nitrogens with one attached hydrogen (secondary N) is 1. The SMILES string of the molecule is O=C(Nc1ccc(OC(F)(F)F)cc1)c1ccc(S(=O)(=O)N2CCCCCC2)s1. The Kier molecular flexibility index (Phi) is 6.49. The number of benzene rings is 1. The van der Waals surface area contributed by atoms with E-state index in [1.54, 1.807) is 0 Å². The van der Waals surface area contributed by atoms with E-state index >= 15 is 0 Å².